The lowest BCUT2D eigenvalue weighted by atomic mass is 10.0. The van der Waals surface area contributed by atoms with Crippen molar-refractivity contribution in [1.82, 2.24) is 0 Å². The van der Waals surface area contributed by atoms with Crippen LogP contribution < -0.4 is 11.5 Å². The Morgan fingerprint density at radius 1 is 1.22 bits per heavy atom. The second-order valence-corrected chi connectivity index (χ2v) is 5.12. The number of primary amides is 1. The van der Waals surface area contributed by atoms with E-state index in [1.165, 1.54) is 12.8 Å². The summed E-state index contributed by atoms with van der Waals surface area (Å²) >= 11 is 0. The molecule has 1 amide bonds. The van der Waals surface area contributed by atoms with Gasteiger partial charge in [-0.25, -0.2) is 0 Å². The molecular formula is C14H20N2O2. The molecule has 1 fully saturated rings. The number of hydrogen-bond donors (Lipinski definition) is 2. The largest absolute Gasteiger partial charge is 0.375 e. The lowest BCUT2D eigenvalue weighted by molar-refractivity contribution is 0.0751. The molecule has 1 saturated carbocycles. The van der Waals surface area contributed by atoms with Crippen molar-refractivity contribution in [2.24, 2.45) is 11.5 Å². The first-order valence-corrected chi connectivity index (χ1v) is 6.34. The Hall–Kier alpha value is -1.39. The van der Waals surface area contributed by atoms with E-state index in [-0.39, 0.29) is 5.54 Å². The van der Waals surface area contributed by atoms with E-state index in [0.717, 1.165) is 18.4 Å². The van der Waals surface area contributed by atoms with Gasteiger partial charge in [0.1, 0.15) is 0 Å². The van der Waals surface area contributed by atoms with Crippen LogP contribution in [0.3, 0.4) is 0 Å². The van der Waals surface area contributed by atoms with Gasteiger partial charge in [-0.1, -0.05) is 25.0 Å². The third-order valence-corrected chi connectivity index (χ3v) is 3.50. The van der Waals surface area contributed by atoms with Crippen molar-refractivity contribution >= 4 is 5.91 Å². The van der Waals surface area contributed by atoms with Crippen molar-refractivity contribution < 1.29 is 9.53 Å². The van der Waals surface area contributed by atoms with Crippen molar-refractivity contribution in [1.29, 1.82) is 0 Å². The van der Waals surface area contributed by atoms with Gasteiger partial charge < -0.3 is 16.2 Å². The maximum Gasteiger partial charge on any atom is 0.248 e. The third-order valence-electron chi connectivity index (χ3n) is 3.50. The first-order valence-electron chi connectivity index (χ1n) is 6.34. The topological polar surface area (TPSA) is 78.3 Å². The van der Waals surface area contributed by atoms with E-state index < -0.39 is 5.91 Å². The van der Waals surface area contributed by atoms with Crippen molar-refractivity contribution in [2.45, 2.75) is 37.8 Å². The van der Waals surface area contributed by atoms with Crippen molar-refractivity contribution in [3.8, 4) is 0 Å². The quantitative estimate of drug-likeness (QED) is 0.830. The molecule has 0 aliphatic heterocycles. The Labute approximate surface area is 107 Å². The molecule has 1 aliphatic carbocycles. The highest BCUT2D eigenvalue weighted by atomic mass is 16.5. The molecule has 0 atom stereocenters. The molecule has 1 aromatic carbocycles. The van der Waals surface area contributed by atoms with Crippen LogP contribution in [0.1, 0.15) is 41.6 Å². The number of carbonyl (C=O) groups is 1. The number of benzene rings is 1. The molecule has 4 N–H and O–H groups in total. The molecule has 4 nitrogen and oxygen atoms in total. The van der Waals surface area contributed by atoms with E-state index in [1.54, 1.807) is 12.1 Å². The van der Waals surface area contributed by atoms with Crippen LogP contribution in [0.2, 0.25) is 0 Å². The number of hydrogen-bond acceptors (Lipinski definition) is 3. The van der Waals surface area contributed by atoms with Gasteiger partial charge in [-0.15, -0.1) is 0 Å². The Kier molecular flexibility index (Phi) is 3.99. The minimum atomic E-state index is -0.408. The number of ether oxygens (including phenoxy) is 1. The predicted molar refractivity (Wildman–Crippen MR) is 70.0 cm³/mol. The summed E-state index contributed by atoms with van der Waals surface area (Å²) in [5.74, 6) is -0.408. The zero-order valence-electron chi connectivity index (χ0n) is 10.5. The summed E-state index contributed by atoms with van der Waals surface area (Å²) in [5.41, 5.74) is 12.8. The van der Waals surface area contributed by atoms with Crippen molar-refractivity contribution in [3.63, 3.8) is 0 Å². The highest BCUT2D eigenvalue weighted by Crippen LogP contribution is 2.27. The fourth-order valence-electron chi connectivity index (χ4n) is 2.36. The minimum absolute atomic E-state index is 0.132. The van der Waals surface area contributed by atoms with Gasteiger partial charge in [-0.05, 0) is 30.5 Å². The second-order valence-electron chi connectivity index (χ2n) is 5.12. The first-order chi connectivity index (χ1) is 8.59. The molecule has 1 aliphatic rings. The maximum absolute atomic E-state index is 10.9. The number of nitrogens with two attached hydrogens (primary N) is 2. The molecule has 0 radical (unpaired) electrons. The molecule has 0 heterocycles. The summed E-state index contributed by atoms with van der Waals surface area (Å²) in [6.45, 7) is 1.13. The van der Waals surface area contributed by atoms with E-state index in [4.69, 9.17) is 16.2 Å². The molecule has 0 bridgehead atoms. The average Bonchev–Trinajstić information content (AvgIpc) is 2.77. The van der Waals surface area contributed by atoms with Gasteiger partial charge in [-0.2, -0.15) is 0 Å². The zero-order chi connectivity index (χ0) is 13.0. The Morgan fingerprint density at radius 3 is 2.39 bits per heavy atom. The van der Waals surface area contributed by atoms with E-state index in [1.807, 2.05) is 12.1 Å². The van der Waals surface area contributed by atoms with Crippen LogP contribution in [0.4, 0.5) is 0 Å². The Bertz CT molecular complexity index is 408. The monoisotopic (exact) mass is 248 g/mol. The molecule has 0 saturated heterocycles. The summed E-state index contributed by atoms with van der Waals surface area (Å²) in [4.78, 5) is 10.9. The number of carbonyl (C=O) groups excluding carboxylic acids is 1. The molecule has 1 aromatic rings. The van der Waals surface area contributed by atoms with E-state index >= 15 is 0 Å². The summed E-state index contributed by atoms with van der Waals surface area (Å²) in [6.07, 6.45) is 4.50. The molecule has 18 heavy (non-hydrogen) atoms. The van der Waals surface area contributed by atoms with Gasteiger partial charge >= 0.3 is 0 Å². The second kappa shape index (κ2) is 5.50. The SMILES string of the molecule is NC(=O)c1ccc(COCC2(N)CCCC2)cc1. The van der Waals surface area contributed by atoms with Gasteiger partial charge in [0.25, 0.3) is 0 Å². The molecule has 0 aromatic heterocycles. The first kappa shape index (κ1) is 13.1. The average molecular weight is 248 g/mol. The normalized spacial score (nSPS) is 17.8. The summed E-state index contributed by atoms with van der Waals surface area (Å²) in [5, 5.41) is 0. The van der Waals surface area contributed by atoms with Crippen LogP contribution in [0, 0.1) is 0 Å². The predicted octanol–water partition coefficient (Wildman–Crippen LogP) is 1.57. The van der Waals surface area contributed by atoms with E-state index in [2.05, 4.69) is 0 Å². The van der Waals surface area contributed by atoms with Gasteiger partial charge in [-0.3, -0.25) is 4.79 Å². The van der Waals surface area contributed by atoms with Crippen LogP contribution in [-0.2, 0) is 11.3 Å². The molecule has 2 rings (SSSR count). The highest BCUT2D eigenvalue weighted by molar-refractivity contribution is 5.92. The smallest absolute Gasteiger partial charge is 0.248 e. The Balaban J connectivity index is 1.81. The van der Waals surface area contributed by atoms with Gasteiger partial charge in [0.15, 0.2) is 0 Å². The van der Waals surface area contributed by atoms with E-state index in [9.17, 15) is 4.79 Å². The summed E-state index contributed by atoms with van der Waals surface area (Å²) < 4.78 is 5.67. The minimum Gasteiger partial charge on any atom is -0.375 e. The zero-order valence-corrected chi connectivity index (χ0v) is 10.5. The Morgan fingerprint density at radius 2 is 1.83 bits per heavy atom. The van der Waals surface area contributed by atoms with Crippen LogP contribution in [-0.4, -0.2) is 18.1 Å². The van der Waals surface area contributed by atoms with Crippen LogP contribution >= 0.6 is 0 Å². The molecule has 98 valence electrons. The van der Waals surface area contributed by atoms with Gasteiger partial charge in [0.2, 0.25) is 5.91 Å². The van der Waals surface area contributed by atoms with Gasteiger partial charge in [0.05, 0.1) is 13.2 Å². The van der Waals surface area contributed by atoms with Gasteiger partial charge in [0, 0.05) is 11.1 Å². The van der Waals surface area contributed by atoms with Crippen LogP contribution in [0.25, 0.3) is 0 Å². The summed E-state index contributed by atoms with van der Waals surface area (Å²) in [7, 11) is 0. The summed E-state index contributed by atoms with van der Waals surface area (Å²) in [6, 6.07) is 7.15. The number of rotatable bonds is 5. The fourth-order valence-corrected chi connectivity index (χ4v) is 2.36. The lowest BCUT2D eigenvalue weighted by Gasteiger charge is -2.23. The molecular weight excluding hydrogens is 228 g/mol. The molecule has 4 heteroatoms. The molecule has 0 spiro atoms. The van der Waals surface area contributed by atoms with Crippen molar-refractivity contribution in [2.75, 3.05) is 6.61 Å². The fraction of sp³-hybridized carbons (Fsp3) is 0.500. The third kappa shape index (κ3) is 3.31. The highest BCUT2D eigenvalue weighted by Gasteiger charge is 2.29. The van der Waals surface area contributed by atoms with E-state index in [0.29, 0.717) is 18.8 Å². The molecule has 0 unspecified atom stereocenters. The maximum atomic E-state index is 10.9. The standard InChI is InChI=1S/C14H20N2O2/c15-13(17)12-5-3-11(4-6-12)9-18-10-14(16)7-1-2-8-14/h3-6H,1-2,7-10,16H2,(H2,15,17). The van der Waals surface area contributed by atoms with Crippen LogP contribution in [0.15, 0.2) is 24.3 Å². The number of amides is 1. The van der Waals surface area contributed by atoms with Crippen molar-refractivity contribution in [3.05, 3.63) is 35.4 Å². The lowest BCUT2D eigenvalue weighted by Crippen LogP contribution is -2.41. The van der Waals surface area contributed by atoms with Crippen LogP contribution in [0.5, 0.6) is 0 Å².